The van der Waals surface area contributed by atoms with Crippen LogP contribution in [-0.4, -0.2) is 38.1 Å². The number of carbonyl (C=O) groups excluding carboxylic acids is 1. The highest BCUT2D eigenvalue weighted by Crippen LogP contribution is 2.40. The van der Waals surface area contributed by atoms with Gasteiger partial charge < -0.3 is 18.9 Å². The highest BCUT2D eigenvalue weighted by Gasteiger charge is 2.16. The number of rotatable bonds is 49. The first kappa shape index (κ1) is 60.5. The molecule has 0 saturated heterocycles. The van der Waals surface area contributed by atoms with E-state index in [0.717, 1.165) is 66.2 Å². The van der Waals surface area contributed by atoms with Gasteiger partial charge in [0.2, 0.25) is 5.75 Å². The SMILES string of the molecule is CCCCCCCCCCCCOc1cc(/C=C/c2ccc(C(=O)OCCCCCCCCCCS)cc2)cc(OCCCCCCCCCCCC)c1OCCCCCCCCCCCC. The molecule has 0 aliphatic heterocycles. The maximum Gasteiger partial charge on any atom is 0.338 e. The van der Waals surface area contributed by atoms with Crippen LogP contribution >= 0.6 is 12.6 Å². The molecule has 2 aromatic carbocycles. The number of ether oxygens (including phenoxy) is 4. The molecule has 6 heteroatoms. The largest absolute Gasteiger partial charge is 0.490 e. The summed E-state index contributed by atoms with van der Waals surface area (Å²) in [5.41, 5.74) is 2.63. The van der Waals surface area contributed by atoms with Gasteiger partial charge in [-0.25, -0.2) is 4.79 Å². The third kappa shape index (κ3) is 34.4. The Morgan fingerprint density at radius 2 is 0.701 bits per heavy atom. The summed E-state index contributed by atoms with van der Waals surface area (Å²) in [5, 5.41) is 0. The lowest BCUT2D eigenvalue weighted by Crippen LogP contribution is -2.07. The van der Waals surface area contributed by atoms with E-state index in [4.69, 9.17) is 18.9 Å². The molecule has 0 aliphatic rings. The third-order valence-corrected chi connectivity index (χ3v) is 13.5. The van der Waals surface area contributed by atoms with E-state index in [9.17, 15) is 4.79 Å². The van der Waals surface area contributed by atoms with Crippen molar-refractivity contribution in [1.29, 1.82) is 0 Å². The van der Waals surface area contributed by atoms with Crippen molar-refractivity contribution in [3.05, 3.63) is 53.1 Å². The maximum atomic E-state index is 12.8. The highest BCUT2D eigenvalue weighted by atomic mass is 32.1. The molecule has 0 N–H and O–H groups in total. The molecular formula is C61H104O5S. The zero-order chi connectivity index (χ0) is 47.9. The van der Waals surface area contributed by atoms with Crippen molar-refractivity contribution >= 4 is 30.8 Å². The van der Waals surface area contributed by atoms with E-state index in [1.54, 1.807) is 0 Å². The number of esters is 1. The number of benzene rings is 2. The molecule has 2 rings (SSSR count). The van der Waals surface area contributed by atoms with Crippen LogP contribution in [0.25, 0.3) is 12.2 Å². The van der Waals surface area contributed by atoms with Crippen molar-refractivity contribution in [1.82, 2.24) is 0 Å². The minimum atomic E-state index is -0.246. The molecule has 384 valence electrons. The molecule has 0 atom stereocenters. The quantitative estimate of drug-likeness (QED) is 0.0310. The van der Waals surface area contributed by atoms with Crippen LogP contribution in [0, 0.1) is 0 Å². The van der Waals surface area contributed by atoms with E-state index in [2.05, 4.69) is 57.7 Å². The summed E-state index contributed by atoms with van der Waals surface area (Å²) >= 11 is 4.30. The Hall–Kier alpha value is -2.60. The predicted octanol–water partition coefficient (Wildman–Crippen LogP) is 20.0. The Kier molecular flexibility index (Phi) is 41.4. The van der Waals surface area contributed by atoms with Crippen LogP contribution in [0.3, 0.4) is 0 Å². The number of hydrogen-bond donors (Lipinski definition) is 1. The summed E-state index contributed by atoms with van der Waals surface area (Å²) in [7, 11) is 0. The summed E-state index contributed by atoms with van der Waals surface area (Å²) in [5.74, 6) is 3.07. The van der Waals surface area contributed by atoms with Crippen LogP contribution in [0.5, 0.6) is 17.2 Å². The maximum absolute atomic E-state index is 12.8. The average Bonchev–Trinajstić information content (AvgIpc) is 3.34. The van der Waals surface area contributed by atoms with Gasteiger partial charge in [0.05, 0.1) is 32.0 Å². The molecule has 0 amide bonds. The molecule has 5 nitrogen and oxygen atoms in total. The molecule has 0 aliphatic carbocycles. The molecule has 0 spiro atoms. The standard InChI is InChI=1S/C61H104O5S/c1-4-7-10-13-16-19-22-27-32-37-48-63-58-53-56(43-42-55-44-46-57(47-45-55)61(62)66-51-40-35-30-25-26-31-36-41-52-67)54-59(64-49-38-33-28-23-20-17-14-11-8-5-2)60(58)65-50-39-34-29-24-21-18-15-12-9-6-3/h42-47,53-54,67H,4-41,48-52H2,1-3H3/b43-42+. The first-order chi connectivity index (χ1) is 33.1. The summed E-state index contributed by atoms with van der Waals surface area (Å²) in [4.78, 5) is 12.8. The van der Waals surface area contributed by atoms with E-state index >= 15 is 0 Å². The van der Waals surface area contributed by atoms with Gasteiger partial charge >= 0.3 is 5.97 Å². The number of hydrogen-bond acceptors (Lipinski definition) is 6. The summed E-state index contributed by atoms with van der Waals surface area (Å²) in [6.07, 6.45) is 52.7. The van der Waals surface area contributed by atoms with E-state index < -0.39 is 0 Å². The van der Waals surface area contributed by atoms with E-state index in [1.165, 1.54) is 212 Å². The number of unbranched alkanes of at least 4 members (excludes halogenated alkanes) is 34. The van der Waals surface area contributed by atoms with Crippen LogP contribution in [0.2, 0.25) is 0 Å². The van der Waals surface area contributed by atoms with Crippen molar-refractivity contribution in [2.45, 2.75) is 265 Å². The molecule has 67 heavy (non-hydrogen) atoms. The van der Waals surface area contributed by atoms with Crippen molar-refractivity contribution in [2.24, 2.45) is 0 Å². The highest BCUT2D eigenvalue weighted by molar-refractivity contribution is 7.80. The number of thiol groups is 1. The first-order valence-electron chi connectivity index (χ1n) is 28.7. The van der Waals surface area contributed by atoms with Crippen LogP contribution in [0.4, 0.5) is 0 Å². The Labute approximate surface area is 419 Å². The average molecular weight is 950 g/mol. The topological polar surface area (TPSA) is 54.0 Å². The minimum absolute atomic E-state index is 0.246. The van der Waals surface area contributed by atoms with Gasteiger partial charge in [-0.1, -0.05) is 257 Å². The Morgan fingerprint density at radius 1 is 0.388 bits per heavy atom. The van der Waals surface area contributed by atoms with Gasteiger partial charge in [0, 0.05) is 0 Å². The smallest absolute Gasteiger partial charge is 0.338 e. The second-order valence-electron chi connectivity index (χ2n) is 19.6. The van der Waals surface area contributed by atoms with Gasteiger partial charge in [0.1, 0.15) is 0 Å². The molecule has 0 bridgehead atoms. The lowest BCUT2D eigenvalue weighted by molar-refractivity contribution is 0.0497. The fourth-order valence-corrected chi connectivity index (χ4v) is 9.03. The molecular weight excluding hydrogens is 845 g/mol. The van der Waals surface area contributed by atoms with E-state index in [1.807, 2.05) is 24.3 Å². The minimum Gasteiger partial charge on any atom is -0.490 e. The number of carbonyl (C=O) groups is 1. The Bertz CT molecular complexity index is 1380. The van der Waals surface area contributed by atoms with E-state index in [-0.39, 0.29) is 5.97 Å². The van der Waals surface area contributed by atoms with Gasteiger partial charge in [-0.3, -0.25) is 0 Å². The van der Waals surface area contributed by atoms with Crippen molar-refractivity contribution in [3.8, 4) is 17.2 Å². The normalized spacial score (nSPS) is 11.5. The first-order valence-corrected chi connectivity index (χ1v) is 29.4. The van der Waals surface area contributed by atoms with Crippen LogP contribution < -0.4 is 14.2 Å². The fourth-order valence-electron chi connectivity index (χ4n) is 8.80. The Balaban J connectivity index is 2.09. The van der Waals surface area contributed by atoms with Gasteiger partial charge in [0.15, 0.2) is 11.5 Å². The molecule has 0 fully saturated rings. The second kappa shape index (κ2) is 45.8. The third-order valence-electron chi connectivity index (χ3n) is 13.2. The van der Waals surface area contributed by atoms with E-state index in [0.29, 0.717) is 32.0 Å². The zero-order valence-corrected chi connectivity index (χ0v) is 44.9. The zero-order valence-electron chi connectivity index (χ0n) is 44.0. The van der Waals surface area contributed by atoms with Crippen LogP contribution in [0.15, 0.2) is 36.4 Å². The van der Waals surface area contributed by atoms with Crippen LogP contribution in [0.1, 0.15) is 286 Å². The molecule has 0 aromatic heterocycles. The van der Waals surface area contributed by atoms with Crippen molar-refractivity contribution < 1.29 is 23.7 Å². The Morgan fingerprint density at radius 3 is 1.07 bits per heavy atom. The van der Waals surface area contributed by atoms with Gasteiger partial charge in [-0.05, 0) is 73.2 Å². The second-order valence-corrected chi connectivity index (χ2v) is 20.0. The molecule has 0 unspecified atom stereocenters. The monoisotopic (exact) mass is 949 g/mol. The summed E-state index contributed by atoms with van der Waals surface area (Å²) in [6, 6.07) is 12.0. The lowest BCUT2D eigenvalue weighted by atomic mass is 10.1. The van der Waals surface area contributed by atoms with Crippen LogP contribution in [-0.2, 0) is 4.74 Å². The molecule has 0 radical (unpaired) electrons. The van der Waals surface area contributed by atoms with Gasteiger partial charge in [-0.15, -0.1) is 0 Å². The fraction of sp³-hybridized carbons (Fsp3) is 0.754. The summed E-state index contributed by atoms with van der Waals surface area (Å²) < 4.78 is 25.5. The van der Waals surface area contributed by atoms with Crippen molar-refractivity contribution in [2.75, 3.05) is 32.2 Å². The molecule has 0 heterocycles. The summed E-state index contributed by atoms with van der Waals surface area (Å²) in [6.45, 7) is 9.35. The predicted molar refractivity (Wildman–Crippen MR) is 295 cm³/mol. The van der Waals surface area contributed by atoms with Crippen molar-refractivity contribution in [3.63, 3.8) is 0 Å². The van der Waals surface area contributed by atoms with Gasteiger partial charge in [0.25, 0.3) is 0 Å². The molecule has 0 saturated carbocycles. The lowest BCUT2D eigenvalue weighted by Gasteiger charge is -2.18. The molecule has 2 aromatic rings. The van der Waals surface area contributed by atoms with Gasteiger partial charge in [-0.2, -0.15) is 12.6 Å².